The van der Waals surface area contributed by atoms with Gasteiger partial charge >= 0.3 is 0 Å². The summed E-state index contributed by atoms with van der Waals surface area (Å²) in [6, 6.07) is 18.7. The van der Waals surface area contributed by atoms with Crippen molar-refractivity contribution in [3.05, 3.63) is 77.5 Å². The van der Waals surface area contributed by atoms with Gasteiger partial charge in [0.2, 0.25) is 0 Å². The van der Waals surface area contributed by atoms with Crippen LogP contribution in [0, 0.1) is 0 Å². The summed E-state index contributed by atoms with van der Waals surface area (Å²) < 4.78 is 2.23. The summed E-state index contributed by atoms with van der Waals surface area (Å²) in [7, 11) is 2.10. The highest BCUT2D eigenvalue weighted by atomic mass is 16.1. The zero-order valence-electron chi connectivity index (χ0n) is 13.4. The molecule has 4 rings (SSSR count). The number of para-hydroxylation sites is 1. The molecule has 2 heteroatoms. The molecule has 1 aliphatic carbocycles. The number of hydrogen-bond donors (Lipinski definition) is 0. The third kappa shape index (κ3) is 2.14. The Morgan fingerprint density at radius 2 is 1.70 bits per heavy atom. The first-order valence-corrected chi connectivity index (χ1v) is 8.04. The molecule has 0 amide bonds. The fraction of sp³-hybridized carbons (Fsp3) is 0.190. The monoisotopic (exact) mass is 301 g/mol. The van der Waals surface area contributed by atoms with Crippen molar-refractivity contribution in [3.63, 3.8) is 0 Å². The first-order chi connectivity index (χ1) is 11.2. The van der Waals surface area contributed by atoms with Gasteiger partial charge in [-0.1, -0.05) is 55.5 Å². The van der Waals surface area contributed by atoms with Crippen LogP contribution in [0.3, 0.4) is 0 Å². The number of allylic oxidation sites excluding steroid dienone is 1. The van der Waals surface area contributed by atoms with Crippen LogP contribution in [0.25, 0.3) is 16.5 Å². The third-order valence-corrected chi connectivity index (χ3v) is 4.79. The van der Waals surface area contributed by atoms with Gasteiger partial charge in [-0.25, -0.2) is 0 Å². The standard InChI is InChI=1S/C21H19NO/c1-14-12-16(23)13-18(15-8-4-3-5-9-15)21-20(14)17-10-6-7-11-19(17)22(21)2/h3-11,13-14H,12H2,1-2H3. The number of carbonyl (C=O) groups is 1. The Kier molecular flexibility index (Phi) is 3.19. The van der Waals surface area contributed by atoms with Crippen LogP contribution in [-0.2, 0) is 11.8 Å². The molecule has 0 aliphatic heterocycles. The van der Waals surface area contributed by atoms with Gasteiger partial charge in [-0.3, -0.25) is 4.79 Å². The second-order valence-electron chi connectivity index (χ2n) is 6.33. The summed E-state index contributed by atoms with van der Waals surface area (Å²) in [5.41, 5.74) is 5.83. The van der Waals surface area contributed by atoms with Crippen molar-refractivity contribution < 1.29 is 4.79 Å². The molecule has 0 saturated carbocycles. The van der Waals surface area contributed by atoms with Crippen molar-refractivity contribution in [2.45, 2.75) is 19.3 Å². The van der Waals surface area contributed by atoms with Crippen molar-refractivity contribution in [1.82, 2.24) is 4.57 Å². The van der Waals surface area contributed by atoms with E-state index in [0.29, 0.717) is 6.42 Å². The second kappa shape index (κ2) is 5.24. The number of carbonyl (C=O) groups excluding carboxylic acids is 1. The zero-order chi connectivity index (χ0) is 16.0. The van der Waals surface area contributed by atoms with Crippen LogP contribution in [0.15, 0.2) is 60.7 Å². The van der Waals surface area contributed by atoms with Crippen LogP contribution in [0.1, 0.15) is 36.1 Å². The van der Waals surface area contributed by atoms with E-state index in [2.05, 4.69) is 54.9 Å². The largest absolute Gasteiger partial charge is 0.343 e. The van der Waals surface area contributed by atoms with E-state index in [1.807, 2.05) is 24.3 Å². The number of ketones is 1. The molecule has 0 fully saturated rings. The topological polar surface area (TPSA) is 22.0 Å². The molecule has 0 radical (unpaired) electrons. The van der Waals surface area contributed by atoms with E-state index in [-0.39, 0.29) is 11.7 Å². The number of rotatable bonds is 1. The van der Waals surface area contributed by atoms with E-state index in [4.69, 9.17) is 0 Å². The maximum atomic E-state index is 12.4. The predicted octanol–water partition coefficient (Wildman–Crippen LogP) is 4.69. The molecule has 0 spiro atoms. The smallest absolute Gasteiger partial charge is 0.156 e. The number of fused-ring (bicyclic) bond motifs is 3. The van der Waals surface area contributed by atoms with Gasteiger partial charge in [-0.05, 0) is 29.2 Å². The highest BCUT2D eigenvalue weighted by molar-refractivity contribution is 6.05. The van der Waals surface area contributed by atoms with Gasteiger partial charge in [0.15, 0.2) is 5.78 Å². The van der Waals surface area contributed by atoms with Crippen molar-refractivity contribution in [3.8, 4) is 0 Å². The highest BCUT2D eigenvalue weighted by Gasteiger charge is 2.27. The Balaban J connectivity index is 2.10. The van der Waals surface area contributed by atoms with E-state index in [0.717, 1.165) is 11.1 Å². The van der Waals surface area contributed by atoms with Gasteiger partial charge in [-0.15, -0.1) is 0 Å². The molecule has 23 heavy (non-hydrogen) atoms. The van der Waals surface area contributed by atoms with Crippen LogP contribution >= 0.6 is 0 Å². The minimum absolute atomic E-state index is 0.205. The minimum Gasteiger partial charge on any atom is -0.343 e. The summed E-state index contributed by atoms with van der Waals surface area (Å²) in [6.07, 6.45) is 2.40. The Labute approximate surface area is 136 Å². The molecule has 1 aliphatic rings. The Morgan fingerprint density at radius 3 is 2.48 bits per heavy atom. The maximum Gasteiger partial charge on any atom is 0.156 e. The molecular weight excluding hydrogens is 282 g/mol. The lowest BCUT2D eigenvalue weighted by molar-refractivity contribution is -0.114. The maximum absolute atomic E-state index is 12.4. The lowest BCUT2D eigenvalue weighted by Gasteiger charge is -2.13. The van der Waals surface area contributed by atoms with Crippen LogP contribution < -0.4 is 0 Å². The quantitative estimate of drug-likeness (QED) is 0.639. The first kappa shape index (κ1) is 14.0. The highest BCUT2D eigenvalue weighted by Crippen LogP contribution is 2.41. The lowest BCUT2D eigenvalue weighted by Crippen LogP contribution is -2.01. The van der Waals surface area contributed by atoms with E-state index >= 15 is 0 Å². The van der Waals surface area contributed by atoms with E-state index < -0.39 is 0 Å². The van der Waals surface area contributed by atoms with Crippen LogP contribution in [0.4, 0.5) is 0 Å². The third-order valence-electron chi connectivity index (χ3n) is 4.79. The molecule has 0 N–H and O–H groups in total. The van der Waals surface area contributed by atoms with Crippen LogP contribution in [-0.4, -0.2) is 10.4 Å². The molecule has 1 heterocycles. The normalized spacial score (nSPS) is 17.7. The van der Waals surface area contributed by atoms with Gasteiger partial charge < -0.3 is 4.57 Å². The van der Waals surface area contributed by atoms with Gasteiger partial charge in [0.1, 0.15) is 0 Å². The lowest BCUT2D eigenvalue weighted by atomic mass is 9.93. The molecule has 1 aromatic heterocycles. The van der Waals surface area contributed by atoms with Gasteiger partial charge in [0.25, 0.3) is 0 Å². The van der Waals surface area contributed by atoms with Crippen molar-refractivity contribution >= 4 is 22.3 Å². The average molecular weight is 301 g/mol. The fourth-order valence-electron chi connectivity index (χ4n) is 3.78. The Bertz CT molecular complexity index is 931. The molecule has 2 nitrogen and oxygen atoms in total. The summed E-state index contributed by atoms with van der Waals surface area (Å²) in [5.74, 6) is 0.428. The summed E-state index contributed by atoms with van der Waals surface area (Å²) in [5, 5.41) is 1.26. The Hall–Kier alpha value is -2.61. The van der Waals surface area contributed by atoms with E-state index in [1.54, 1.807) is 0 Å². The number of hydrogen-bond acceptors (Lipinski definition) is 1. The van der Waals surface area contributed by atoms with Crippen LogP contribution in [0.5, 0.6) is 0 Å². The molecule has 2 aromatic carbocycles. The number of aromatic nitrogens is 1. The van der Waals surface area contributed by atoms with Gasteiger partial charge in [0, 0.05) is 29.9 Å². The Morgan fingerprint density at radius 1 is 1.00 bits per heavy atom. The molecule has 1 atom stereocenters. The molecule has 114 valence electrons. The van der Waals surface area contributed by atoms with Gasteiger partial charge in [0.05, 0.1) is 5.69 Å². The molecular formula is C21H19NO. The van der Waals surface area contributed by atoms with Crippen LogP contribution in [0.2, 0.25) is 0 Å². The van der Waals surface area contributed by atoms with Crippen molar-refractivity contribution in [1.29, 1.82) is 0 Å². The summed E-state index contributed by atoms with van der Waals surface area (Å²) in [6.45, 7) is 2.16. The number of benzene rings is 2. The second-order valence-corrected chi connectivity index (χ2v) is 6.33. The SMILES string of the molecule is CC1CC(=O)C=C(c2ccccc2)c2c1c1ccccc1n2C. The summed E-state index contributed by atoms with van der Waals surface area (Å²) in [4.78, 5) is 12.4. The predicted molar refractivity (Wildman–Crippen MR) is 94.5 cm³/mol. The summed E-state index contributed by atoms with van der Waals surface area (Å²) >= 11 is 0. The molecule has 1 unspecified atom stereocenters. The fourth-order valence-corrected chi connectivity index (χ4v) is 3.78. The minimum atomic E-state index is 0.205. The molecule has 0 bridgehead atoms. The van der Waals surface area contributed by atoms with Gasteiger partial charge in [-0.2, -0.15) is 0 Å². The average Bonchev–Trinajstić information content (AvgIpc) is 2.78. The zero-order valence-corrected chi connectivity index (χ0v) is 13.4. The number of aryl methyl sites for hydroxylation is 1. The van der Waals surface area contributed by atoms with Crippen molar-refractivity contribution in [2.24, 2.45) is 7.05 Å². The molecule has 0 saturated heterocycles. The van der Waals surface area contributed by atoms with E-state index in [9.17, 15) is 4.79 Å². The first-order valence-electron chi connectivity index (χ1n) is 8.04. The van der Waals surface area contributed by atoms with E-state index in [1.165, 1.54) is 22.2 Å². The van der Waals surface area contributed by atoms with Crippen molar-refractivity contribution in [2.75, 3.05) is 0 Å². The number of nitrogens with zero attached hydrogens (tertiary/aromatic N) is 1. The molecule has 3 aromatic rings.